The highest BCUT2D eigenvalue weighted by Crippen LogP contribution is 2.30. The maximum atomic E-state index is 12.9. The lowest BCUT2D eigenvalue weighted by Gasteiger charge is -2.30. The van der Waals surface area contributed by atoms with Gasteiger partial charge in [0, 0.05) is 24.3 Å². The van der Waals surface area contributed by atoms with E-state index in [1.807, 2.05) is 29.2 Å². The molecular formula is C18H20N2O3. The van der Waals surface area contributed by atoms with E-state index in [1.54, 1.807) is 6.20 Å². The molecule has 1 aliphatic carbocycles. The molecule has 2 aromatic rings. The van der Waals surface area contributed by atoms with Gasteiger partial charge in [-0.2, -0.15) is 0 Å². The first-order valence-electron chi connectivity index (χ1n) is 8.24. The van der Waals surface area contributed by atoms with Gasteiger partial charge in [-0.05, 0) is 37.8 Å². The van der Waals surface area contributed by atoms with E-state index in [0.29, 0.717) is 5.76 Å². The Labute approximate surface area is 135 Å². The van der Waals surface area contributed by atoms with Gasteiger partial charge < -0.3 is 14.1 Å². The van der Waals surface area contributed by atoms with Crippen molar-refractivity contribution in [2.24, 2.45) is 0 Å². The Bertz CT molecular complexity index is 666. The first-order chi connectivity index (χ1) is 11.3. The predicted molar refractivity (Wildman–Crippen MR) is 85.0 cm³/mol. The van der Waals surface area contributed by atoms with E-state index in [9.17, 15) is 4.79 Å². The molecule has 2 aliphatic rings. The van der Waals surface area contributed by atoms with Crippen molar-refractivity contribution in [1.82, 2.24) is 9.88 Å². The summed E-state index contributed by atoms with van der Waals surface area (Å²) < 4.78 is 11.2. The van der Waals surface area contributed by atoms with Crippen LogP contribution in [-0.4, -0.2) is 41.1 Å². The molecular weight excluding hydrogens is 292 g/mol. The van der Waals surface area contributed by atoms with Crippen molar-refractivity contribution < 1.29 is 13.9 Å². The number of rotatable bonds is 2. The van der Waals surface area contributed by atoms with Crippen molar-refractivity contribution in [3.05, 3.63) is 42.4 Å². The highest BCUT2D eigenvalue weighted by molar-refractivity contribution is 5.95. The Hall–Kier alpha value is -2.14. The zero-order valence-electron chi connectivity index (χ0n) is 13.0. The molecule has 2 atom stereocenters. The summed E-state index contributed by atoms with van der Waals surface area (Å²) in [5.41, 5.74) is 1.65. The van der Waals surface area contributed by atoms with Crippen molar-refractivity contribution in [2.45, 2.75) is 37.8 Å². The molecule has 0 N–H and O–H groups in total. The van der Waals surface area contributed by atoms with E-state index in [2.05, 4.69) is 4.98 Å². The number of nitrogens with zero attached hydrogens (tertiary/aromatic N) is 2. The molecule has 0 radical (unpaired) electrons. The Balaban J connectivity index is 1.56. The molecule has 1 aromatic heterocycles. The molecule has 0 spiro atoms. The van der Waals surface area contributed by atoms with Crippen LogP contribution in [0, 0.1) is 0 Å². The molecule has 5 heteroatoms. The minimum Gasteiger partial charge on any atom is -0.444 e. The normalized spacial score (nSPS) is 24.3. The molecule has 0 bridgehead atoms. The van der Waals surface area contributed by atoms with Crippen LogP contribution < -0.4 is 0 Å². The number of hydrogen-bond acceptors (Lipinski definition) is 4. The summed E-state index contributed by atoms with van der Waals surface area (Å²) in [4.78, 5) is 18.9. The Morgan fingerprint density at radius 2 is 2.04 bits per heavy atom. The average Bonchev–Trinajstić information content (AvgIpc) is 3.24. The van der Waals surface area contributed by atoms with E-state index in [0.717, 1.165) is 50.0 Å². The van der Waals surface area contributed by atoms with Gasteiger partial charge in [-0.15, -0.1) is 0 Å². The van der Waals surface area contributed by atoms with Gasteiger partial charge >= 0.3 is 0 Å². The molecule has 1 saturated heterocycles. The summed E-state index contributed by atoms with van der Waals surface area (Å²) in [5.74, 6) is 0.819. The third-order valence-corrected chi connectivity index (χ3v) is 4.80. The molecule has 1 aromatic carbocycles. The summed E-state index contributed by atoms with van der Waals surface area (Å²) in [7, 11) is 0. The molecule has 1 amide bonds. The number of amides is 1. The lowest BCUT2D eigenvalue weighted by molar-refractivity contribution is 0.0297. The van der Waals surface area contributed by atoms with E-state index in [4.69, 9.17) is 9.15 Å². The van der Waals surface area contributed by atoms with Crippen LogP contribution >= 0.6 is 0 Å². The maximum absolute atomic E-state index is 12.9. The van der Waals surface area contributed by atoms with Crippen molar-refractivity contribution in [3.8, 4) is 11.3 Å². The van der Waals surface area contributed by atoms with Gasteiger partial charge in [0.2, 0.25) is 0 Å². The first-order valence-corrected chi connectivity index (χ1v) is 8.24. The fraction of sp³-hybridized carbons (Fsp3) is 0.444. The van der Waals surface area contributed by atoms with Crippen molar-refractivity contribution >= 4 is 5.91 Å². The second-order valence-electron chi connectivity index (χ2n) is 6.20. The number of oxazole rings is 1. The van der Waals surface area contributed by atoms with Gasteiger partial charge in [0.05, 0.1) is 18.3 Å². The minimum absolute atomic E-state index is 0.108. The van der Waals surface area contributed by atoms with Crippen LogP contribution in [0.1, 0.15) is 36.0 Å². The van der Waals surface area contributed by atoms with Crippen LogP contribution in [0.3, 0.4) is 0 Å². The average molecular weight is 312 g/mol. The minimum atomic E-state index is 0.108. The molecule has 2 fully saturated rings. The van der Waals surface area contributed by atoms with Gasteiger partial charge in [-0.3, -0.25) is 4.79 Å². The van der Waals surface area contributed by atoms with Gasteiger partial charge in [-0.1, -0.05) is 12.1 Å². The van der Waals surface area contributed by atoms with E-state index >= 15 is 0 Å². The SMILES string of the molecule is O=C(c1ccc(-c2cnco2)cc1)N1CCCO[C@@H]2CCC[C@H]21. The predicted octanol–water partition coefficient (Wildman–Crippen LogP) is 3.13. The van der Waals surface area contributed by atoms with Gasteiger partial charge in [0.1, 0.15) is 0 Å². The zero-order valence-corrected chi connectivity index (χ0v) is 13.0. The van der Waals surface area contributed by atoms with Crippen molar-refractivity contribution in [1.29, 1.82) is 0 Å². The largest absolute Gasteiger partial charge is 0.444 e. The van der Waals surface area contributed by atoms with Gasteiger partial charge in [0.25, 0.3) is 5.91 Å². The molecule has 4 rings (SSSR count). The van der Waals surface area contributed by atoms with Crippen LogP contribution in [0.15, 0.2) is 41.3 Å². The molecule has 120 valence electrons. The third kappa shape index (κ3) is 2.77. The molecule has 2 heterocycles. The molecule has 23 heavy (non-hydrogen) atoms. The summed E-state index contributed by atoms with van der Waals surface area (Å²) >= 11 is 0. The summed E-state index contributed by atoms with van der Waals surface area (Å²) in [6, 6.07) is 7.80. The van der Waals surface area contributed by atoms with Crippen molar-refractivity contribution in [3.63, 3.8) is 0 Å². The topological polar surface area (TPSA) is 55.6 Å². The zero-order chi connectivity index (χ0) is 15.6. The van der Waals surface area contributed by atoms with E-state index in [-0.39, 0.29) is 18.1 Å². The van der Waals surface area contributed by atoms with Crippen LogP contribution in [0.4, 0.5) is 0 Å². The number of ether oxygens (including phenoxy) is 1. The Morgan fingerprint density at radius 1 is 1.17 bits per heavy atom. The number of aromatic nitrogens is 1. The maximum Gasteiger partial charge on any atom is 0.254 e. The number of hydrogen-bond donors (Lipinski definition) is 0. The summed E-state index contributed by atoms with van der Waals surface area (Å²) in [5, 5.41) is 0. The number of fused-ring (bicyclic) bond motifs is 1. The molecule has 1 aliphatic heterocycles. The van der Waals surface area contributed by atoms with E-state index < -0.39 is 0 Å². The third-order valence-electron chi connectivity index (χ3n) is 4.80. The highest BCUT2D eigenvalue weighted by atomic mass is 16.5. The number of carbonyl (C=O) groups is 1. The first kappa shape index (κ1) is 14.5. The number of benzene rings is 1. The van der Waals surface area contributed by atoms with Gasteiger partial charge in [0.15, 0.2) is 12.2 Å². The molecule has 1 saturated carbocycles. The lowest BCUT2D eigenvalue weighted by Crippen LogP contribution is -2.43. The van der Waals surface area contributed by atoms with Gasteiger partial charge in [-0.25, -0.2) is 4.98 Å². The van der Waals surface area contributed by atoms with Crippen LogP contribution in [0.25, 0.3) is 11.3 Å². The monoisotopic (exact) mass is 312 g/mol. The Morgan fingerprint density at radius 3 is 2.83 bits per heavy atom. The summed E-state index contributed by atoms with van der Waals surface area (Å²) in [6.45, 7) is 1.54. The lowest BCUT2D eigenvalue weighted by atomic mass is 10.1. The summed E-state index contributed by atoms with van der Waals surface area (Å²) in [6.07, 6.45) is 7.47. The quantitative estimate of drug-likeness (QED) is 0.855. The fourth-order valence-corrected chi connectivity index (χ4v) is 3.65. The molecule has 5 nitrogen and oxygen atoms in total. The second-order valence-corrected chi connectivity index (χ2v) is 6.20. The van der Waals surface area contributed by atoms with Crippen molar-refractivity contribution in [2.75, 3.05) is 13.2 Å². The smallest absolute Gasteiger partial charge is 0.254 e. The van der Waals surface area contributed by atoms with E-state index in [1.165, 1.54) is 6.39 Å². The number of carbonyl (C=O) groups excluding carboxylic acids is 1. The fourth-order valence-electron chi connectivity index (χ4n) is 3.65. The van der Waals surface area contributed by atoms with Crippen LogP contribution in [-0.2, 0) is 4.74 Å². The Kier molecular flexibility index (Phi) is 3.87. The standard InChI is InChI=1S/C18H20N2O3/c21-18(20-9-2-10-22-16-4-1-3-15(16)20)14-7-5-13(6-8-14)17-11-19-12-23-17/h5-8,11-12,15-16H,1-4,9-10H2/t15-,16-/m1/s1. The van der Waals surface area contributed by atoms with Crippen LogP contribution in [0.5, 0.6) is 0 Å². The highest BCUT2D eigenvalue weighted by Gasteiger charge is 2.37. The van der Waals surface area contributed by atoms with Crippen LogP contribution in [0.2, 0.25) is 0 Å². The molecule has 0 unspecified atom stereocenters. The second kappa shape index (κ2) is 6.16.